The van der Waals surface area contributed by atoms with Crippen LogP contribution in [0.2, 0.25) is 0 Å². The fourth-order valence-electron chi connectivity index (χ4n) is 3.67. The van der Waals surface area contributed by atoms with Crippen molar-refractivity contribution in [1.29, 1.82) is 0 Å². The highest BCUT2D eigenvalue weighted by molar-refractivity contribution is 7.18. The third-order valence-electron chi connectivity index (χ3n) is 5.29. The summed E-state index contributed by atoms with van der Waals surface area (Å²) in [5.41, 5.74) is 10.0. The van der Waals surface area contributed by atoms with Gasteiger partial charge in [-0.3, -0.25) is 4.98 Å². The van der Waals surface area contributed by atoms with Gasteiger partial charge in [0, 0.05) is 37.2 Å². The molecule has 1 fully saturated rings. The number of ether oxygens (including phenoxy) is 1. The van der Waals surface area contributed by atoms with Crippen LogP contribution in [0.4, 0.5) is 5.69 Å². The van der Waals surface area contributed by atoms with Crippen molar-refractivity contribution >= 4 is 27.4 Å². The zero-order valence-electron chi connectivity index (χ0n) is 17.0. The highest BCUT2D eigenvalue weighted by Gasteiger charge is 2.17. The maximum Gasteiger partial charge on any atom is 0.316 e. The number of hydrogen-bond donors (Lipinski definition) is 1. The molecule has 1 atom stereocenters. The van der Waals surface area contributed by atoms with Gasteiger partial charge in [0.1, 0.15) is 28.0 Å². The number of pyridine rings is 2. The molecule has 4 aromatic rings. The molecule has 1 unspecified atom stereocenters. The summed E-state index contributed by atoms with van der Waals surface area (Å²) < 4.78 is 5.85. The zero-order valence-corrected chi connectivity index (χ0v) is 17.8. The largest absolute Gasteiger partial charge is 0.459 e. The molecular formula is C22H23N7OS. The maximum atomic E-state index is 6.42. The third-order valence-corrected chi connectivity index (χ3v) is 6.35. The van der Waals surface area contributed by atoms with Crippen LogP contribution >= 0.6 is 11.3 Å². The van der Waals surface area contributed by atoms with E-state index in [1.807, 2.05) is 24.5 Å². The van der Waals surface area contributed by atoms with Crippen LogP contribution in [0, 0.1) is 0 Å². The van der Waals surface area contributed by atoms with Crippen molar-refractivity contribution in [3.05, 3.63) is 65.3 Å². The predicted molar refractivity (Wildman–Crippen MR) is 120 cm³/mol. The second-order valence-corrected chi connectivity index (χ2v) is 8.52. The molecule has 0 spiro atoms. The molecule has 0 amide bonds. The third kappa shape index (κ3) is 4.47. The van der Waals surface area contributed by atoms with E-state index in [1.54, 1.807) is 18.5 Å². The lowest BCUT2D eigenvalue weighted by Crippen LogP contribution is -2.29. The van der Waals surface area contributed by atoms with Gasteiger partial charge in [-0.1, -0.05) is 11.3 Å². The molecule has 0 aromatic carbocycles. The van der Waals surface area contributed by atoms with Crippen LogP contribution in [0.25, 0.3) is 10.3 Å². The summed E-state index contributed by atoms with van der Waals surface area (Å²) in [5, 5.41) is 0.761. The summed E-state index contributed by atoms with van der Waals surface area (Å²) in [4.78, 5) is 25.3. The van der Waals surface area contributed by atoms with Crippen LogP contribution in [0.5, 0.6) is 6.01 Å². The molecule has 0 aliphatic carbocycles. The Kier molecular flexibility index (Phi) is 5.68. The second-order valence-electron chi connectivity index (χ2n) is 7.51. The molecule has 1 aliphatic rings. The Morgan fingerprint density at radius 1 is 1.06 bits per heavy atom. The van der Waals surface area contributed by atoms with Crippen LogP contribution in [-0.2, 0) is 6.61 Å². The zero-order chi connectivity index (χ0) is 21.0. The molecule has 5 rings (SSSR count). The van der Waals surface area contributed by atoms with Crippen LogP contribution < -0.4 is 15.4 Å². The summed E-state index contributed by atoms with van der Waals surface area (Å²) in [6, 6.07) is 7.53. The molecule has 4 aromatic heterocycles. The Labute approximate surface area is 184 Å². The number of nitrogens with zero attached hydrogens (tertiary/aromatic N) is 6. The number of hydrogen-bond acceptors (Lipinski definition) is 9. The van der Waals surface area contributed by atoms with Crippen LogP contribution in [-0.4, -0.2) is 38.0 Å². The van der Waals surface area contributed by atoms with Crippen LogP contribution in [0.15, 0.2) is 49.1 Å². The van der Waals surface area contributed by atoms with Gasteiger partial charge in [-0.25, -0.2) is 15.0 Å². The van der Waals surface area contributed by atoms with E-state index in [2.05, 4.69) is 35.9 Å². The van der Waals surface area contributed by atoms with E-state index in [-0.39, 0.29) is 6.01 Å². The summed E-state index contributed by atoms with van der Waals surface area (Å²) in [6.45, 7) is 2.51. The lowest BCUT2D eigenvalue weighted by atomic mass is 10.1. The molecular weight excluding hydrogens is 410 g/mol. The van der Waals surface area contributed by atoms with Crippen molar-refractivity contribution in [3.63, 3.8) is 0 Å². The van der Waals surface area contributed by atoms with E-state index in [1.165, 1.54) is 30.6 Å². The van der Waals surface area contributed by atoms with Crippen molar-refractivity contribution in [2.45, 2.75) is 31.9 Å². The fraction of sp³-hybridized carbons (Fsp3) is 0.318. The molecule has 1 saturated heterocycles. The lowest BCUT2D eigenvalue weighted by Gasteiger charge is -2.28. The van der Waals surface area contributed by atoms with Gasteiger partial charge in [-0.2, -0.15) is 4.98 Å². The quantitative estimate of drug-likeness (QED) is 0.493. The average Bonchev–Trinajstić information content (AvgIpc) is 3.28. The first-order valence-electron chi connectivity index (χ1n) is 10.4. The van der Waals surface area contributed by atoms with Gasteiger partial charge in [0.05, 0.1) is 17.6 Å². The minimum atomic E-state index is -0.464. The van der Waals surface area contributed by atoms with Gasteiger partial charge in [0.25, 0.3) is 0 Å². The molecule has 1 aliphatic heterocycles. The molecule has 9 heteroatoms. The van der Waals surface area contributed by atoms with Crippen molar-refractivity contribution < 1.29 is 4.74 Å². The van der Waals surface area contributed by atoms with E-state index in [4.69, 9.17) is 10.5 Å². The average molecular weight is 434 g/mol. The first-order chi connectivity index (χ1) is 15.3. The molecule has 158 valence electrons. The van der Waals surface area contributed by atoms with Crippen molar-refractivity contribution in [2.75, 3.05) is 18.0 Å². The van der Waals surface area contributed by atoms with Gasteiger partial charge >= 0.3 is 6.01 Å². The number of piperidine rings is 1. The minimum absolute atomic E-state index is 0.288. The van der Waals surface area contributed by atoms with Crippen LogP contribution in [0.1, 0.15) is 41.6 Å². The van der Waals surface area contributed by atoms with Crippen molar-refractivity contribution in [2.24, 2.45) is 5.73 Å². The molecule has 31 heavy (non-hydrogen) atoms. The van der Waals surface area contributed by atoms with Gasteiger partial charge in [-0.05, 0) is 43.5 Å². The van der Waals surface area contributed by atoms with Gasteiger partial charge < -0.3 is 15.4 Å². The molecule has 8 nitrogen and oxygen atoms in total. The Bertz CT molecular complexity index is 1140. The number of aromatic nitrogens is 5. The number of nitrogens with two attached hydrogens (primary N) is 1. The van der Waals surface area contributed by atoms with E-state index in [9.17, 15) is 0 Å². The molecule has 0 saturated carbocycles. The second kappa shape index (κ2) is 8.91. The van der Waals surface area contributed by atoms with E-state index in [0.29, 0.717) is 12.3 Å². The summed E-state index contributed by atoms with van der Waals surface area (Å²) in [6.07, 6.45) is 10.9. The molecule has 0 radical (unpaired) electrons. The number of rotatable bonds is 6. The van der Waals surface area contributed by atoms with E-state index < -0.39 is 6.04 Å². The number of anilines is 1. The molecule has 5 heterocycles. The predicted octanol–water partition coefficient (Wildman–Crippen LogP) is 3.49. The Morgan fingerprint density at radius 2 is 1.97 bits per heavy atom. The normalized spacial score (nSPS) is 15.2. The number of thiazole rings is 1. The topological polar surface area (TPSA) is 103 Å². The Morgan fingerprint density at radius 3 is 2.84 bits per heavy atom. The SMILES string of the molecule is NC(c1ccnc(OCc2cncc(N3CCCCC3)c2)n1)c1nc2cccnc2s1. The summed E-state index contributed by atoms with van der Waals surface area (Å²) in [7, 11) is 0. The number of fused-ring (bicyclic) bond motifs is 1. The van der Waals surface area contributed by atoms with E-state index >= 15 is 0 Å². The minimum Gasteiger partial charge on any atom is -0.459 e. The maximum absolute atomic E-state index is 6.42. The first kappa shape index (κ1) is 19.8. The van der Waals surface area contributed by atoms with Gasteiger partial charge in [0.15, 0.2) is 0 Å². The molecule has 2 N–H and O–H groups in total. The Balaban J connectivity index is 1.28. The highest BCUT2D eigenvalue weighted by Crippen LogP contribution is 2.27. The van der Waals surface area contributed by atoms with Crippen molar-refractivity contribution in [1.82, 2.24) is 24.9 Å². The smallest absolute Gasteiger partial charge is 0.316 e. The summed E-state index contributed by atoms with van der Waals surface area (Å²) in [5.74, 6) is 0. The van der Waals surface area contributed by atoms with Crippen LogP contribution in [0.3, 0.4) is 0 Å². The first-order valence-corrected chi connectivity index (χ1v) is 11.2. The standard InChI is InChI=1S/C22H23N7OS/c23-19(21-27-18-5-4-7-25-20(18)31-21)17-6-8-26-22(28-17)30-14-15-11-16(13-24-12-15)29-9-2-1-3-10-29/h4-8,11-13,19H,1-3,9-10,14,23H2. The highest BCUT2D eigenvalue weighted by atomic mass is 32.1. The fourth-order valence-corrected chi connectivity index (χ4v) is 4.59. The Hall–Kier alpha value is -3.17. The lowest BCUT2D eigenvalue weighted by molar-refractivity contribution is 0.279. The summed E-state index contributed by atoms with van der Waals surface area (Å²) >= 11 is 1.47. The van der Waals surface area contributed by atoms with Crippen molar-refractivity contribution in [3.8, 4) is 6.01 Å². The van der Waals surface area contributed by atoms with Gasteiger partial charge in [0.2, 0.25) is 0 Å². The monoisotopic (exact) mass is 433 g/mol. The van der Waals surface area contributed by atoms with Gasteiger partial charge in [-0.15, -0.1) is 0 Å². The van der Waals surface area contributed by atoms with E-state index in [0.717, 1.165) is 39.7 Å². The molecule has 0 bridgehead atoms.